The number of carbonyl (C=O) groups excluding carboxylic acids is 2. The fraction of sp³-hybridized carbons (Fsp3) is 0.382. The Bertz CT molecular complexity index is 1610. The van der Waals surface area contributed by atoms with Crippen molar-refractivity contribution in [2.45, 2.75) is 70.2 Å². The van der Waals surface area contributed by atoms with E-state index in [0.29, 0.717) is 40.5 Å². The van der Waals surface area contributed by atoms with Gasteiger partial charge in [0.1, 0.15) is 17.1 Å². The molecule has 0 bridgehead atoms. The van der Waals surface area contributed by atoms with Crippen molar-refractivity contribution in [2.75, 3.05) is 13.2 Å². The topological polar surface area (TPSA) is 116 Å². The smallest absolute Gasteiger partial charge is 0.494 e. The summed E-state index contributed by atoms with van der Waals surface area (Å²) in [6.07, 6.45) is -5.88. The second kappa shape index (κ2) is 15.5. The van der Waals surface area contributed by atoms with Crippen LogP contribution in [0.2, 0.25) is 10.0 Å². The molecular weight excluding hydrogens is 676 g/mol. The zero-order valence-corrected chi connectivity index (χ0v) is 27.9. The Hall–Kier alpha value is -4.00. The highest BCUT2D eigenvalue weighted by Gasteiger charge is 2.54. The van der Waals surface area contributed by atoms with E-state index in [1.54, 1.807) is 57.2 Å². The van der Waals surface area contributed by atoms with Crippen LogP contribution >= 0.6 is 23.2 Å². The number of amides is 1. The molecule has 0 aliphatic carbocycles. The highest BCUT2D eigenvalue weighted by atomic mass is 35.5. The molecule has 0 saturated heterocycles. The molecule has 48 heavy (non-hydrogen) atoms. The molecule has 2 atom stereocenters. The van der Waals surface area contributed by atoms with Crippen LogP contribution in [0.3, 0.4) is 0 Å². The van der Waals surface area contributed by atoms with E-state index in [0.717, 1.165) is 12.1 Å². The zero-order chi connectivity index (χ0) is 35.1. The fourth-order valence-electron chi connectivity index (χ4n) is 4.89. The summed E-state index contributed by atoms with van der Waals surface area (Å²) >= 11 is 12.8. The molecular formula is C34H35Cl2F3N2O7. The van der Waals surface area contributed by atoms with Gasteiger partial charge in [-0.15, -0.1) is 13.2 Å². The van der Waals surface area contributed by atoms with Crippen molar-refractivity contribution in [3.05, 3.63) is 93.5 Å². The number of nitrogens with one attached hydrogen (secondary N) is 1. The average Bonchev–Trinajstić information content (AvgIpc) is 3.39. The Morgan fingerprint density at radius 1 is 1.00 bits per heavy atom. The minimum absolute atomic E-state index is 0.0113. The minimum atomic E-state index is -4.85. The Morgan fingerprint density at radius 2 is 1.67 bits per heavy atom. The van der Waals surface area contributed by atoms with Crippen LogP contribution in [0.1, 0.15) is 62.8 Å². The summed E-state index contributed by atoms with van der Waals surface area (Å²) < 4.78 is 59.3. The number of alkyl halides is 3. The number of hydrogen-bond donors (Lipinski definition) is 2. The average molecular weight is 712 g/mol. The maximum absolute atomic E-state index is 14.3. The summed E-state index contributed by atoms with van der Waals surface area (Å²) in [6, 6.07) is 16.5. The lowest BCUT2D eigenvalue weighted by molar-refractivity contribution is -0.274. The first-order chi connectivity index (χ1) is 22.6. The summed E-state index contributed by atoms with van der Waals surface area (Å²) in [5.41, 5.74) is -1.17. The van der Waals surface area contributed by atoms with Crippen molar-refractivity contribution in [3.63, 3.8) is 0 Å². The first-order valence-corrected chi connectivity index (χ1v) is 15.7. The van der Waals surface area contributed by atoms with Crippen LogP contribution in [0.15, 0.2) is 71.7 Å². The van der Waals surface area contributed by atoms with Gasteiger partial charge in [-0.25, -0.2) is 4.99 Å². The standard InChI is InChI=1S/C34H35Cl2F3N2O7/c1-32(2,3)48-28(43)15-16-33(31(44)40-20-21-5-10-25(11-6-21)47-34(37,38)39)29(26-14-9-23(35)19-27(26)36)46-30(41-33)22-7-12-24(13-8-22)45-18-4-17-42/h5-14,19,29,42H,4,15-18,20H2,1-3H3,(H,40,44)/t29-,33-/m1/s1. The van der Waals surface area contributed by atoms with E-state index in [1.165, 1.54) is 18.2 Å². The molecule has 0 spiro atoms. The first kappa shape index (κ1) is 36.8. The molecule has 0 radical (unpaired) electrons. The van der Waals surface area contributed by atoms with Crippen molar-refractivity contribution in [1.82, 2.24) is 5.32 Å². The molecule has 3 aromatic rings. The molecule has 14 heteroatoms. The number of aliphatic hydroxyl groups excluding tert-OH is 1. The third kappa shape index (κ3) is 10.0. The van der Waals surface area contributed by atoms with E-state index in [1.807, 2.05) is 0 Å². The van der Waals surface area contributed by atoms with Crippen molar-refractivity contribution in [2.24, 2.45) is 4.99 Å². The van der Waals surface area contributed by atoms with Gasteiger partial charge in [-0.2, -0.15) is 0 Å². The van der Waals surface area contributed by atoms with Gasteiger partial charge >= 0.3 is 12.3 Å². The van der Waals surface area contributed by atoms with Gasteiger partial charge in [0, 0.05) is 47.2 Å². The lowest BCUT2D eigenvalue weighted by Crippen LogP contribution is -2.48. The SMILES string of the molecule is CC(C)(C)OC(=O)CC[C@@]1(C(=O)NCc2ccc(OC(F)(F)F)cc2)N=C(c2ccc(OCCCO)cc2)O[C@@H]1c1ccc(Cl)cc1Cl. The zero-order valence-electron chi connectivity index (χ0n) is 26.4. The number of aliphatic imine (C=N–C) groups is 1. The van der Waals surface area contributed by atoms with Crippen molar-refractivity contribution >= 4 is 41.0 Å². The number of rotatable bonds is 13. The van der Waals surface area contributed by atoms with E-state index >= 15 is 0 Å². The predicted molar refractivity (Wildman–Crippen MR) is 173 cm³/mol. The maximum Gasteiger partial charge on any atom is 0.573 e. The Labute approximate surface area is 285 Å². The number of esters is 1. The van der Waals surface area contributed by atoms with E-state index in [2.05, 4.69) is 10.1 Å². The van der Waals surface area contributed by atoms with Crippen molar-refractivity contribution in [1.29, 1.82) is 0 Å². The van der Waals surface area contributed by atoms with Gasteiger partial charge in [-0.3, -0.25) is 9.59 Å². The Balaban J connectivity index is 1.71. The second-order valence-electron chi connectivity index (χ2n) is 11.9. The number of aliphatic hydroxyl groups is 1. The molecule has 1 heterocycles. The minimum Gasteiger partial charge on any atom is -0.494 e. The highest BCUT2D eigenvalue weighted by molar-refractivity contribution is 6.35. The van der Waals surface area contributed by atoms with Gasteiger partial charge in [-0.05, 0) is 81.3 Å². The lowest BCUT2D eigenvalue weighted by Gasteiger charge is -2.31. The van der Waals surface area contributed by atoms with Gasteiger partial charge in [-0.1, -0.05) is 41.4 Å². The number of benzene rings is 3. The molecule has 1 aliphatic heterocycles. The largest absolute Gasteiger partial charge is 0.573 e. The van der Waals surface area contributed by atoms with Crippen LogP contribution in [0, 0.1) is 0 Å². The molecule has 0 unspecified atom stereocenters. The van der Waals surface area contributed by atoms with Crippen LogP contribution in [0.5, 0.6) is 11.5 Å². The Morgan fingerprint density at radius 3 is 2.27 bits per heavy atom. The van der Waals surface area contributed by atoms with E-state index in [-0.39, 0.29) is 36.9 Å². The van der Waals surface area contributed by atoms with Gasteiger partial charge < -0.3 is 29.4 Å². The maximum atomic E-state index is 14.3. The summed E-state index contributed by atoms with van der Waals surface area (Å²) in [5.74, 6) is -0.961. The summed E-state index contributed by atoms with van der Waals surface area (Å²) in [7, 11) is 0. The summed E-state index contributed by atoms with van der Waals surface area (Å²) in [4.78, 5) is 32.0. The first-order valence-electron chi connectivity index (χ1n) is 15.0. The Kier molecular flexibility index (Phi) is 11.9. The van der Waals surface area contributed by atoms with Crippen molar-refractivity contribution in [3.8, 4) is 11.5 Å². The van der Waals surface area contributed by atoms with E-state index < -0.39 is 41.2 Å². The predicted octanol–water partition coefficient (Wildman–Crippen LogP) is 7.35. The summed E-state index contributed by atoms with van der Waals surface area (Å²) in [5, 5.41) is 12.4. The molecule has 9 nitrogen and oxygen atoms in total. The molecule has 0 aromatic heterocycles. The second-order valence-corrected chi connectivity index (χ2v) is 12.8. The number of ether oxygens (including phenoxy) is 4. The van der Waals surface area contributed by atoms with Crippen LogP contribution in [-0.4, -0.2) is 53.6 Å². The van der Waals surface area contributed by atoms with Crippen LogP contribution < -0.4 is 14.8 Å². The van der Waals surface area contributed by atoms with Crippen molar-refractivity contribution < 1.29 is 46.8 Å². The van der Waals surface area contributed by atoms with E-state index in [4.69, 9.17) is 47.5 Å². The highest BCUT2D eigenvalue weighted by Crippen LogP contribution is 2.46. The third-order valence-corrected chi connectivity index (χ3v) is 7.58. The molecule has 3 aromatic carbocycles. The van der Waals surface area contributed by atoms with Gasteiger partial charge in [0.25, 0.3) is 5.91 Å². The van der Waals surface area contributed by atoms with Crippen LogP contribution in [0.4, 0.5) is 13.2 Å². The molecule has 4 rings (SSSR count). The number of carbonyl (C=O) groups is 2. The molecule has 1 amide bonds. The molecule has 0 fully saturated rings. The normalized spacial score (nSPS) is 17.7. The van der Waals surface area contributed by atoms with Crippen LogP contribution in [0.25, 0.3) is 0 Å². The molecule has 258 valence electrons. The number of hydrogen-bond acceptors (Lipinski definition) is 8. The quantitative estimate of drug-likeness (QED) is 0.141. The number of halogens is 5. The van der Waals surface area contributed by atoms with Gasteiger partial charge in [0.15, 0.2) is 11.6 Å². The van der Waals surface area contributed by atoms with Gasteiger partial charge in [0.05, 0.1) is 6.61 Å². The van der Waals surface area contributed by atoms with Gasteiger partial charge in [0.2, 0.25) is 5.90 Å². The third-order valence-electron chi connectivity index (χ3n) is 7.02. The lowest BCUT2D eigenvalue weighted by atomic mass is 9.83. The molecule has 0 saturated carbocycles. The molecule has 2 N–H and O–H groups in total. The summed E-state index contributed by atoms with van der Waals surface area (Å²) in [6.45, 7) is 5.38. The monoisotopic (exact) mass is 710 g/mol. The van der Waals surface area contributed by atoms with Crippen LogP contribution in [-0.2, 0) is 25.6 Å². The fourth-order valence-corrected chi connectivity index (χ4v) is 5.40. The molecule has 1 aliphatic rings. The van der Waals surface area contributed by atoms with E-state index in [9.17, 15) is 22.8 Å². The number of nitrogens with zero attached hydrogens (tertiary/aromatic N) is 1.